The quantitative estimate of drug-likeness (QED) is 0.596. The lowest BCUT2D eigenvalue weighted by Crippen LogP contribution is -2.24. The smallest absolute Gasteiger partial charge is 0.254 e. The number of hydrogen-bond donors (Lipinski definition) is 2. The van der Waals surface area contributed by atoms with Crippen LogP contribution in [0.1, 0.15) is 15.9 Å². The van der Waals surface area contributed by atoms with Crippen LogP contribution in [0.5, 0.6) is 0 Å². The zero-order valence-corrected chi connectivity index (χ0v) is 13.8. The fraction of sp³-hybridized carbons (Fsp3) is 0.0500. The van der Waals surface area contributed by atoms with Crippen LogP contribution in [0.2, 0.25) is 0 Å². The Morgan fingerprint density at radius 1 is 1.08 bits per heavy atom. The molecule has 3 N–H and O–H groups in total. The number of nitrogens with one attached hydrogen (secondary N) is 1. The van der Waals surface area contributed by atoms with Gasteiger partial charge in [0, 0.05) is 24.3 Å². The van der Waals surface area contributed by atoms with Gasteiger partial charge >= 0.3 is 0 Å². The zero-order valence-electron chi connectivity index (χ0n) is 13.8. The lowest BCUT2D eigenvalue weighted by molar-refractivity contribution is 0.0999. The summed E-state index contributed by atoms with van der Waals surface area (Å²) in [7, 11) is 0. The van der Waals surface area contributed by atoms with Gasteiger partial charge in [0.05, 0.1) is 11.2 Å². The predicted molar refractivity (Wildman–Crippen MR) is 99.9 cm³/mol. The van der Waals surface area contributed by atoms with Crippen LogP contribution < -0.4 is 11.2 Å². The molecule has 0 aliphatic carbocycles. The lowest BCUT2D eigenvalue weighted by Gasteiger charge is -2.13. The average Bonchev–Trinajstić information content (AvgIpc) is 3.19. The summed E-state index contributed by atoms with van der Waals surface area (Å²) in [5.41, 5.74) is 8.83. The van der Waals surface area contributed by atoms with E-state index in [4.69, 9.17) is 5.73 Å². The molecule has 128 valence electrons. The Morgan fingerprint density at radius 3 is 2.54 bits per heavy atom. The van der Waals surface area contributed by atoms with Crippen molar-refractivity contribution in [3.05, 3.63) is 88.3 Å². The second-order valence-corrected chi connectivity index (χ2v) is 6.05. The first-order valence-electron chi connectivity index (χ1n) is 8.14. The van der Waals surface area contributed by atoms with E-state index in [-0.39, 0.29) is 11.0 Å². The third kappa shape index (κ3) is 2.77. The Bertz CT molecular complexity index is 1140. The summed E-state index contributed by atoms with van der Waals surface area (Å²) in [6.45, 7) is 0.518. The molecule has 1 amide bonds. The molecule has 0 spiro atoms. The first-order chi connectivity index (χ1) is 12.6. The SMILES string of the molecule is NC(=O)c1cn(Cc2ccc(-c3ccn[nH]3)cc2)c2ccccc2c1=O. The Kier molecular flexibility index (Phi) is 3.85. The monoisotopic (exact) mass is 344 g/mol. The number of amides is 1. The van der Waals surface area contributed by atoms with Crippen molar-refractivity contribution < 1.29 is 4.79 Å². The summed E-state index contributed by atoms with van der Waals surface area (Å²) in [5.74, 6) is -0.718. The Hall–Kier alpha value is -3.67. The molecule has 6 nitrogen and oxygen atoms in total. The third-order valence-electron chi connectivity index (χ3n) is 4.37. The summed E-state index contributed by atoms with van der Waals surface area (Å²) in [5, 5.41) is 7.37. The number of hydrogen-bond acceptors (Lipinski definition) is 3. The maximum atomic E-state index is 12.4. The number of aromatic nitrogens is 3. The topological polar surface area (TPSA) is 93.8 Å². The third-order valence-corrected chi connectivity index (χ3v) is 4.37. The van der Waals surface area contributed by atoms with Crippen molar-refractivity contribution in [1.29, 1.82) is 0 Å². The fourth-order valence-electron chi connectivity index (χ4n) is 3.05. The number of rotatable bonds is 4. The van der Waals surface area contributed by atoms with Crippen LogP contribution in [-0.4, -0.2) is 20.7 Å². The minimum absolute atomic E-state index is 0.00206. The maximum absolute atomic E-state index is 12.4. The van der Waals surface area contributed by atoms with Crippen molar-refractivity contribution in [3.8, 4) is 11.3 Å². The van der Waals surface area contributed by atoms with Crippen molar-refractivity contribution in [3.63, 3.8) is 0 Å². The molecular weight excluding hydrogens is 328 g/mol. The first-order valence-corrected chi connectivity index (χ1v) is 8.14. The molecule has 0 fully saturated rings. The largest absolute Gasteiger partial charge is 0.365 e. The predicted octanol–water partition coefficient (Wildman–Crippen LogP) is 2.54. The zero-order chi connectivity index (χ0) is 18.1. The van der Waals surface area contributed by atoms with Gasteiger partial charge in [-0.15, -0.1) is 0 Å². The highest BCUT2D eigenvalue weighted by Gasteiger charge is 2.13. The summed E-state index contributed by atoms with van der Waals surface area (Å²) in [6, 6.07) is 17.1. The average molecular weight is 344 g/mol. The molecule has 4 rings (SSSR count). The molecule has 0 saturated carbocycles. The number of carbonyl (C=O) groups excluding carboxylic acids is 1. The highest BCUT2D eigenvalue weighted by molar-refractivity contribution is 5.96. The molecule has 0 saturated heterocycles. The molecule has 2 aromatic heterocycles. The summed E-state index contributed by atoms with van der Waals surface area (Å²) in [4.78, 5) is 24.1. The number of fused-ring (bicyclic) bond motifs is 1. The van der Waals surface area contributed by atoms with E-state index in [9.17, 15) is 9.59 Å². The Balaban J connectivity index is 1.76. The summed E-state index contributed by atoms with van der Waals surface area (Å²) < 4.78 is 1.88. The molecule has 0 unspecified atom stereocenters. The van der Waals surface area contributed by atoms with Crippen LogP contribution >= 0.6 is 0 Å². The summed E-state index contributed by atoms with van der Waals surface area (Å²) >= 11 is 0. The fourth-order valence-corrected chi connectivity index (χ4v) is 3.05. The van der Waals surface area contributed by atoms with E-state index in [1.54, 1.807) is 18.3 Å². The van der Waals surface area contributed by atoms with E-state index in [0.717, 1.165) is 22.3 Å². The second-order valence-electron chi connectivity index (χ2n) is 6.05. The lowest BCUT2D eigenvalue weighted by atomic mass is 10.1. The minimum atomic E-state index is -0.718. The molecule has 6 heteroatoms. The van der Waals surface area contributed by atoms with E-state index in [1.165, 1.54) is 6.20 Å². The van der Waals surface area contributed by atoms with Gasteiger partial charge < -0.3 is 10.3 Å². The maximum Gasteiger partial charge on any atom is 0.254 e. The molecule has 26 heavy (non-hydrogen) atoms. The van der Waals surface area contributed by atoms with Gasteiger partial charge in [0.15, 0.2) is 0 Å². The van der Waals surface area contributed by atoms with Gasteiger partial charge in [-0.05, 0) is 29.3 Å². The van der Waals surface area contributed by atoms with Crippen molar-refractivity contribution >= 4 is 16.8 Å². The van der Waals surface area contributed by atoms with Gasteiger partial charge in [0.25, 0.3) is 5.91 Å². The molecule has 2 aromatic carbocycles. The van der Waals surface area contributed by atoms with E-state index < -0.39 is 5.91 Å². The number of carbonyl (C=O) groups is 1. The Morgan fingerprint density at radius 2 is 1.85 bits per heavy atom. The van der Waals surface area contributed by atoms with Crippen molar-refractivity contribution in [2.75, 3.05) is 0 Å². The number of nitrogens with zero attached hydrogens (tertiary/aromatic N) is 2. The van der Waals surface area contributed by atoms with Crippen LogP contribution in [0.15, 0.2) is 71.8 Å². The molecule has 0 aliphatic rings. The highest BCUT2D eigenvalue weighted by Crippen LogP contribution is 2.19. The minimum Gasteiger partial charge on any atom is -0.365 e. The van der Waals surface area contributed by atoms with Gasteiger partial charge in [-0.3, -0.25) is 14.7 Å². The van der Waals surface area contributed by atoms with Crippen LogP contribution in [0.3, 0.4) is 0 Å². The number of benzene rings is 2. The van der Waals surface area contributed by atoms with E-state index >= 15 is 0 Å². The number of H-pyrrole nitrogens is 1. The van der Waals surface area contributed by atoms with Crippen LogP contribution in [-0.2, 0) is 6.54 Å². The molecule has 0 radical (unpaired) electrons. The van der Waals surface area contributed by atoms with Crippen LogP contribution in [0.25, 0.3) is 22.2 Å². The van der Waals surface area contributed by atoms with Crippen LogP contribution in [0.4, 0.5) is 0 Å². The number of nitrogens with two attached hydrogens (primary N) is 1. The molecular formula is C20H16N4O2. The van der Waals surface area contributed by atoms with Gasteiger partial charge in [-0.1, -0.05) is 36.4 Å². The van der Waals surface area contributed by atoms with Crippen molar-refractivity contribution in [2.24, 2.45) is 5.73 Å². The van der Waals surface area contributed by atoms with Gasteiger partial charge in [0.1, 0.15) is 5.56 Å². The standard InChI is InChI=1S/C20H16N4O2/c21-20(26)16-12-24(18-4-2-1-3-15(18)19(16)25)11-13-5-7-14(8-6-13)17-9-10-22-23-17/h1-10,12H,11H2,(H2,21,26)(H,22,23). The molecule has 4 aromatic rings. The highest BCUT2D eigenvalue weighted by atomic mass is 16.2. The summed E-state index contributed by atoms with van der Waals surface area (Å²) in [6.07, 6.45) is 3.25. The normalized spacial score (nSPS) is 10.9. The molecule has 0 aliphatic heterocycles. The van der Waals surface area contributed by atoms with E-state index in [0.29, 0.717) is 11.9 Å². The van der Waals surface area contributed by atoms with E-state index in [1.807, 2.05) is 47.0 Å². The Labute approximate surface area is 148 Å². The number of primary amides is 1. The number of aromatic amines is 1. The van der Waals surface area contributed by atoms with Crippen LogP contribution in [0, 0.1) is 0 Å². The van der Waals surface area contributed by atoms with E-state index in [2.05, 4.69) is 10.2 Å². The number of para-hydroxylation sites is 1. The van der Waals surface area contributed by atoms with Crippen molar-refractivity contribution in [2.45, 2.75) is 6.54 Å². The second kappa shape index (κ2) is 6.33. The van der Waals surface area contributed by atoms with Crippen molar-refractivity contribution in [1.82, 2.24) is 14.8 Å². The first kappa shape index (κ1) is 15.8. The van der Waals surface area contributed by atoms with Gasteiger partial charge in [-0.2, -0.15) is 5.10 Å². The molecule has 0 bridgehead atoms. The molecule has 2 heterocycles. The molecule has 0 atom stereocenters. The van der Waals surface area contributed by atoms with Gasteiger partial charge in [-0.25, -0.2) is 0 Å². The number of pyridine rings is 1. The van der Waals surface area contributed by atoms with Gasteiger partial charge in [0.2, 0.25) is 5.43 Å².